The van der Waals surface area contributed by atoms with E-state index in [0.29, 0.717) is 5.56 Å². The molecule has 4 heteroatoms. The second-order valence-corrected chi connectivity index (χ2v) is 7.19. The van der Waals surface area contributed by atoms with Crippen molar-refractivity contribution in [2.45, 2.75) is 17.1 Å². The van der Waals surface area contributed by atoms with Crippen LogP contribution in [0.25, 0.3) is 5.57 Å². The number of hydrogen-bond donors (Lipinski definition) is 1. The summed E-state index contributed by atoms with van der Waals surface area (Å²) in [6.07, 6.45) is 3.17. The third kappa shape index (κ3) is 3.55. The van der Waals surface area contributed by atoms with E-state index < -0.39 is 5.97 Å². The molecule has 1 aliphatic rings. The molecule has 1 N–H and O–H groups in total. The molecule has 0 unspecified atom stereocenters. The van der Waals surface area contributed by atoms with Crippen LogP contribution in [0.5, 0.6) is 0 Å². The lowest BCUT2D eigenvalue weighted by atomic mass is 9.92. The number of hydrogen-bond acceptors (Lipinski definition) is 3. The number of carboxylic acid groups (broad SMARTS) is 1. The maximum Gasteiger partial charge on any atom is 0.335 e. The van der Waals surface area contributed by atoms with E-state index in [-0.39, 0.29) is 0 Å². The largest absolute Gasteiger partial charge is 0.478 e. The van der Waals surface area contributed by atoms with E-state index in [2.05, 4.69) is 49.3 Å². The first-order valence-electron chi connectivity index (χ1n) is 8.00. The molecule has 1 heterocycles. The molecule has 124 valence electrons. The molecule has 0 spiro atoms. The number of rotatable bonds is 4. The zero-order valence-electron chi connectivity index (χ0n) is 14.0. The van der Waals surface area contributed by atoms with Crippen LogP contribution in [0.15, 0.2) is 53.4 Å². The van der Waals surface area contributed by atoms with Crippen LogP contribution in [0.1, 0.15) is 33.5 Å². The zero-order chi connectivity index (χ0) is 17.1. The van der Waals surface area contributed by atoms with Gasteiger partial charge in [0.05, 0.1) is 5.56 Å². The first-order chi connectivity index (χ1) is 11.6. The van der Waals surface area contributed by atoms with Crippen molar-refractivity contribution in [3.05, 3.63) is 70.8 Å². The van der Waals surface area contributed by atoms with Gasteiger partial charge in [0.2, 0.25) is 0 Å². The fraction of sp³-hybridized carbons (Fsp3) is 0.250. The third-order valence-electron chi connectivity index (χ3n) is 4.13. The van der Waals surface area contributed by atoms with Crippen molar-refractivity contribution in [1.82, 2.24) is 4.90 Å². The van der Waals surface area contributed by atoms with Gasteiger partial charge in [0, 0.05) is 17.2 Å². The minimum atomic E-state index is -0.882. The van der Waals surface area contributed by atoms with Gasteiger partial charge in [0.25, 0.3) is 0 Å². The Morgan fingerprint density at radius 3 is 2.75 bits per heavy atom. The van der Waals surface area contributed by atoms with E-state index >= 15 is 0 Å². The van der Waals surface area contributed by atoms with Gasteiger partial charge in [-0.25, -0.2) is 4.79 Å². The van der Waals surface area contributed by atoms with Gasteiger partial charge >= 0.3 is 5.97 Å². The minimum Gasteiger partial charge on any atom is -0.478 e. The lowest BCUT2D eigenvalue weighted by molar-refractivity contribution is 0.0697. The summed E-state index contributed by atoms with van der Waals surface area (Å²) in [5.41, 5.74) is 5.03. The van der Waals surface area contributed by atoms with Gasteiger partial charge < -0.3 is 10.0 Å². The van der Waals surface area contributed by atoms with Crippen molar-refractivity contribution in [2.24, 2.45) is 0 Å². The quantitative estimate of drug-likeness (QED) is 0.898. The summed E-state index contributed by atoms with van der Waals surface area (Å²) >= 11 is 1.77. The second-order valence-electron chi connectivity index (χ2n) is 6.17. The second kappa shape index (κ2) is 7.24. The smallest absolute Gasteiger partial charge is 0.335 e. The SMILES string of the molecule is CN(C)CC/C=C1\c2ccccc2CSc2ccc(C(=O)O)cc21. The van der Waals surface area contributed by atoms with Crippen molar-refractivity contribution in [3.8, 4) is 0 Å². The van der Waals surface area contributed by atoms with Gasteiger partial charge in [-0.2, -0.15) is 0 Å². The highest BCUT2D eigenvalue weighted by molar-refractivity contribution is 7.98. The van der Waals surface area contributed by atoms with Gasteiger partial charge in [0.1, 0.15) is 0 Å². The Morgan fingerprint density at radius 1 is 1.21 bits per heavy atom. The molecule has 0 saturated heterocycles. The first kappa shape index (κ1) is 16.8. The predicted molar refractivity (Wildman–Crippen MR) is 99.7 cm³/mol. The normalized spacial score (nSPS) is 15.0. The van der Waals surface area contributed by atoms with Crippen molar-refractivity contribution in [3.63, 3.8) is 0 Å². The van der Waals surface area contributed by atoms with E-state index in [4.69, 9.17) is 0 Å². The molecule has 24 heavy (non-hydrogen) atoms. The van der Waals surface area contributed by atoms with Crippen molar-refractivity contribution in [1.29, 1.82) is 0 Å². The Kier molecular flexibility index (Phi) is 5.07. The molecule has 0 saturated carbocycles. The summed E-state index contributed by atoms with van der Waals surface area (Å²) in [5.74, 6) is 0.0219. The van der Waals surface area contributed by atoms with Crippen LogP contribution < -0.4 is 0 Å². The monoisotopic (exact) mass is 339 g/mol. The summed E-state index contributed by atoms with van der Waals surface area (Å²) < 4.78 is 0. The standard InChI is InChI=1S/C20H21NO2S/c1-21(2)11-5-8-17-16-7-4-3-6-15(16)13-24-19-10-9-14(20(22)23)12-18(17)19/h3-4,6-10,12H,5,11,13H2,1-2H3,(H,22,23)/b17-8+. The van der Waals surface area contributed by atoms with Crippen LogP contribution in [-0.2, 0) is 5.75 Å². The molecule has 0 bridgehead atoms. The van der Waals surface area contributed by atoms with Crippen LogP contribution in [0.4, 0.5) is 0 Å². The molecule has 0 aromatic heterocycles. The fourth-order valence-electron chi connectivity index (χ4n) is 2.90. The molecule has 1 aliphatic heterocycles. The van der Waals surface area contributed by atoms with Gasteiger partial charge in [-0.05, 0) is 61.0 Å². The van der Waals surface area contributed by atoms with Gasteiger partial charge in [-0.1, -0.05) is 30.3 Å². The van der Waals surface area contributed by atoms with E-state index in [1.54, 1.807) is 17.8 Å². The number of carboxylic acids is 1. The zero-order valence-corrected chi connectivity index (χ0v) is 14.8. The van der Waals surface area contributed by atoms with E-state index in [9.17, 15) is 9.90 Å². The van der Waals surface area contributed by atoms with E-state index in [0.717, 1.165) is 34.8 Å². The van der Waals surface area contributed by atoms with Gasteiger partial charge in [-0.15, -0.1) is 11.8 Å². The van der Waals surface area contributed by atoms with E-state index in [1.807, 2.05) is 12.1 Å². The molecular weight excluding hydrogens is 318 g/mol. The number of nitrogens with zero attached hydrogens (tertiary/aromatic N) is 1. The Morgan fingerprint density at radius 2 is 2.00 bits per heavy atom. The van der Waals surface area contributed by atoms with Crippen LogP contribution in [0.2, 0.25) is 0 Å². The van der Waals surface area contributed by atoms with Crippen LogP contribution in [-0.4, -0.2) is 36.6 Å². The van der Waals surface area contributed by atoms with E-state index in [1.165, 1.54) is 11.1 Å². The first-order valence-corrected chi connectivity index (χ1v) is 8.98. The Balaban J connectivity index is 2.13. The molecule has 0 aliphatic carbocycles. The number of carbonyl (C=O) groups is 1. The van der Waals surface area contributed by atoms with Crippen molar-refractivity contribution in [2.75, 3.05) is 20.6 Å². The summed E-state index contributed by atoms with van der Waals surface area (Å²) in [5, 5.41) is 9.35. The Bertz CT molecular complexity index is 796. The maximum absolute atomic E-state index is 11.4. The van der Waals surface area contributed by atoms with Crippen LogP contribution in [0.3, 0.4) is 0 Å². The number of thioether (sulfide) groups is 1. The fourth-order valence-corrected chi connectivity index (χ4v) is 3.95. The molecule has 2 aromatic carbocycles. The average molecular weight is 339 g/mol. The number of aromatic carboxylic acids is 1. The minimum absolute atomic E-state index is 0.340. The maximum atomic E-state index is 11.4. The summed E-state index contributed by atoms with van der Waals surface area (Å²) in [7, 11) is 4.12. The van der Waals surface area contributed by atoms with Gasteiger partial charge in [-0.3, -0.25) is 0 Å². The topological polar surface area (TPSA) is 40.5 Å². The highest BCUT2D eigenvalue weighted by Crippen LogP contribution is 2.40. The summed E-state index contributed by atoms with van der Waals surface area (Å²) in [6, 6.07) is 13.9. The van der Waals surface area contributed by atoms with Crippen LogP contribution in [0, 0.1) is 0 Å². The highest BCUT2D eigenvalue weighted by Gasteiger charge is 2.19. The Labute approximate surface area is 147 Å². The average Bonchev–Trinajstić information content (AvgIpc) is 2.71. The molecule has 0 fully saturated rings. The van der Waals surface area contributed by atoms with Crippen LogP contribution >= 0.6 is 11.8 Å². The number of benzene rings is 2. The number of fused-ring (bicyclic) bond motifs is 2. The third-order valence-corrected chi connectivity index (χ3v) is 5.25. The molecule has 3 rings (SSSR count). The van der Waals surface area contributed by atoms with Crippen molar-refractivity contribution >= 4 is 23.3 Å². The molecular formula is C20H21NO2S. The molecule has 3 nitrogen and oxygen atoms in total. The van der Waals surface area contributed by atoms with Crippen molar-refractivity contribution < 1.29 is 9.90 Å². The molecule has 0 atom stereocenters. The lowest BCUT2D eigenvalue weighted by Crippen LogP contribution is -2.12. The van der Waals surface area contributed by atoms with Gasteiger partial charge in [0.15, 0.2) is 0 Å². The molecule has 2 aromatic rings. The Hall–Kier alpha value is -2.04. The lowest BCUT2D eigenvalue weighted by Gasteiger charge is -2.13. The predicted octanol–water partition coefficient (Wildman–Crippen LogP) is 4.37. The molecule has 0 radical (unpaired) electrons. The summed E-state index contributed by atoms with van der Waals surface area (Å²) in [6.45, 7) is 0.965. The molecule has 0 amide bonds. The highest BCUT2D eigenvalue weighted by atomic mass is 32.2. The summed E-state index contributed by atoms with van der Waals surface area (Å²) in [4.78, 5) is 14.7.